The van der Waals surface area contributed by atoms with Gasteiger partial charge in [0.15, 0.2) is 5.78 Å². The Kier molecular flexibility index (Phi) is 10.8. The number of nitrogens with zero attached hydrogens (tertiary/aromatic N) is 2. The van der Waals surface area contributed by atoms with Gasteiger partial charge < -0.3 is 10.1 Å². The number of aliphatic hydroxyl groups is 1. The quantitative estimate of drug-likeness (QED) is 0.105. The predicted octanol–water partition coefficient (Wildman–Crippen LogP) is 9.96. The summed E-state index contributed by atoms with van der Waals surface area (Å²) < 4.78 is 17.2. The molecule has 4 nitrogen and oxygen atoms in total. The third kappa shape index (κ3) is 7.10. The molecule has 1 radical (unpaired) electrons. The second-order valence-corrected chi connectivity index (χ2v) is 12.2. The van der Waals surface area contributed by atoms with Gasteiger partial charge in [-0.05, 0) is 65.6 Å². The molecule has 0 spiro atoms. The molecule has 4 aromatic rings. The molecule has 0 saturated heterocycles. The summed E-state index contributed by atoms with van der Waals surface area (Å²) in [5.41, 5.74) is 4.65. The van der Waals surface area contributed by atoms with E-state index in [1.807, 2.05) is 90.5 Å². The zero-order chi connectivity index (χ0) is 32.4. The first-order valence-corrected chi connectivity index (χ1v) is 15.5. The molecule has 1 aliphatic rings. The van der Waals surface area contributed by atoms with Gasteiger partial charge in [-0.15, -0.1) is 23.8 Å². The molecular formula is C38H47IrN2O2-. The molecule has 1 aliphatic carbocycles. The normalized spacial score (nSPS) is 14.6. The fourth-order valence-corrected chi connectivity index (χ4v) is 6.20. The first-order valence-electron chi connectivity index (χ1n) is 16.5. The molecule has 0 aliphatic heterocycles. The van der Waals surface area contributed by atoms with Crippen LogP contribution in [0.25, 0.3) is 32.8 Å². The number of benzene rings is 2. The van der Waals surface area contributed by atoms with Crippen LogP contribution in [0.4, 0.5) is 0 Å². The number of pyridine rings is 2. The summed E-state index contributed by atoms with van der Waals surface area (Å²) in [5.74, 6) is 0.434. The number of carbonyl (C=O) groups is 1. The van der Waals surface area contributed by atoms with Crippen LogP contribution in [-0.2, 0) is 36.7 Å². The smallest absolute Gasteiger partial charge is 0.162 e. The van der Waals surface area contributed by atoms with E-state index >= 15 is 0 Å². The van der Waals surface area contributed by atoms with E-state index in [0.717, 1.165) is 58.7 Å². The minimum Gasteiger partial charge on any atom is -0.512 e. The van der Waals surface area contributed by atoms with Crippen molar-refractivity contribution in [3.63, 3.8) is 0 Å². The maximum atomic E-state index is 11.7. The summed E-state index contributed by atoms with van der Waals surface area (Å²) in [6.45, 7) is 16.3. The number of carbonyl (C=O) groups excluding carboxylic acids is 1. The van der Waals surface area contributed by atoms with Gasteiger partial charge in [0.2, 0.25) is 0 Å². The van der Waals surface area contributed by atoms with E-state index in [0.29, 0.717) is 5.56 Å². The summed E-state index contributed by atoms with van der Waals surface area (Å²) in [6.07, 6.45) is 9.27. The van der Waals surface area contributed by atoms with E-state index in [1.165, 1.54) is 17.0 Å². The fourth-order valence-electron chi connectivity index (χ4n) is 6.20. The molecule has 0 atom stereocenters. The van der Waals surface area contributed by atoms with Gasteiger partial charge >= 0.3 is 0 Å². The van der Waals surface area contributed by atoms with Crippen LogP contribution in [0.2, 0.25) is 0 Å². The first-order chi connectivity index (χ1) is 20.8. The van der Waals surface area contributed by atoms with Crippen molar-refractivity contribution in [1.82, 2.24) is 9.97 Å². The van der Waals surface area contributed by atoms with Crippen LogP contribution in [-0.4, -0.2) is 20.9 Å². The van der Waals surface area contributed by atoms with Crippen LogP contribution >= 0.6 is 0 Å². The van der Waals surface area contributed by atoms with E-state index in [4.69, 9.17) is 7.73 Å². The van der Waals surface area contributed by atoms with Crippen molar-refractivity contribution in [1.29, 1.82) is 0 Å². The number of ketones is 1. The van der Waals surface area contributed by atoms with Crippen molar-refractivity contribution in [3.05, 3.63) is 83.5 Å². The van der Waals surface area contributed by atoms with Crippen molar-refractivity contribution >= 4 is 27.3 Å². The number of aromatic nitrogens is 2. The molecule has 2 aromatic carbocycles. The third-order valence-corrected chi connectivity index (χ3v) is 8.68. The SMILES string of the molecule is CCC(CC)C(=O)/C=C(\O)C(CC)CC.[2H]C([2H])(c1ccc2cnc3c(c2c1)C(C)(C)c1cncc2cc[c-]c-3c12)C(C)C.[Ir]. The van der Waals surface area contributed by atoms with Gasteiger partial charge in [0, 0.05) is 64.8 Å². The van der Waals surface area contributed by atoms with Crippen molar-refractivity contribution < 1.29 is 32.7 Å². The van der Waals surface area contributed by atoms with E-state index in [-0.39, 0.29) is 54.8 Å². The Bertz CT molecular complexity index is 1680. The summed E-state index contributed by atoms with van der Waals surface area (Å²) >= 11 is 0. The van der Waals surface area contributed by atoms with Crippen molar-refractivity contribution in [2.45, 2.75) is 92.9 Å². The van der Waals surface area contributed by atoms with E-state index in [9.17, 15) is 9.90 Å². The largest absolute Gasteiger partial charge is 0.512 e. The van der Waals surface area contributed by atoms with Crippen LogP contribution in [0, 0.1) is 23.8 Å². The number of fused-ring (bicyclic) bond motifs is 4. The van der Waals surface area contributed by atoms with Gasteiger partial charge in [-0.3, -0.25) is 9.78 Å². The molecule has 1 N–H and O–H groups in total. The average Bonchev–Trinajstić information content (AvgIpc) is 3.00. The zero-order valence-corrected chi connectivity index (χ0v) is 29.2. The number of aliphatic hydroxyl groups excluding tert-OH is 1. The monoisotopic (exact) mass is 758 g/mol. The molecule has 0 saturated carbocycles. The van der Waals surface area contributed by atoms with Gasteiger partial charge in [0.05, 0.1) is 5.76 Å². The second kappa shape index (κ2) is 14.7. The Hall–Kier alpha value is -2.88. The molecule has 2 aromatic heterocycles. The van der Waals surface area contributed by atoms with Gasteiger partial charge in [-0.2, -0.15) is 0 Å². The van der Waals surface area contributed by atoms with Crippen molar-refractivity contribution in [2.75, 3.05) is 0 Å². The molecule has 5 rings (SSSR count). The summed E-state index contributed by atoms with van der Waals surface area (Å²) in [6, 6.07) is 13.3. The summed E-state index contributed by atoms with van der Waals surface area (Å²) in [4.78, 5) is 21.1. The number of hydrogen-bond donors (Lipinski definition) is 1. The predicted molar refractivity (Wildman–Crippen MR) is 176 cm³/mol. The minimum absolute atomic E-state index is 0. The first kappa shape index (κ1) is 31.5. The number of rotatable bonds is 9. The zero-order valence-electron chi connectivity index (χ0n) is 28.8. The molecule has 2 heterocycles. The van der Waals surface area contributed by atoms with Crippen LogP contribution < -0.4 is 0 Å². The Labute approximate surface area is 274 Å². The van der Waals surface area contributed by atoms with Crippen LogP contribution in [0.3, 0.4) is 0 Å². The Morgan fingerprint density at radius 1 is 1.00 bits per heavy atom. The average molecular weight is 758 g/mol. The molecule has 43 heavy (non-hydrogen) atoms. The van der Waals surface area contributed by atoms with Crippen molar-refractivity contribution in [3.8, 4) is 11.3 Å². The Morgan fingerprint density at radius 2 is 1.67 bits per heavy atom. The summed E-state index contributed by atoms with van der Waals surface area (Å²) in [5, 5.41) is 14.1. The van der Waals surface area contributed by atoms with Crippen molar-refractivity contribution in [2.24, 2.45) is 17.8 Å². The van der Waals surface area contributed by atoms with Crippen LogP contribution in [0.1, 0.15) is 101 Å². The van der Waals surface area contributed by atoms with Gasteiger partial charge in [-0.25, -0.2) is 0 Å². The second-order valence-electron chi connectivity index (χ2n) is 12.2. The van der Waals surface area contributed by atoms with Gasteiger partial charge in [0.1, 0.15) is 0 Å². The maximum Gasteiger partial charge on any atom is 0.162 e. The number of allylic oxidation sites excluding steroid dienone is 2. The van der Waals surface area contributed by atoms with E-state index in [1.54, 1.807) is 0 Å². The molecule has 0 fully saturated rings. The molecule has 0 amide bonds. The Balaban J connectivity index is 0.000000297. The molecular weight excluding hydrogens is 709 g/mol. The minimum atomic E-state index is -1.39. The topological polar surface area (TPSA) is 63.1 Å². The molecule has 5 heteroatoms. The van der Waals surface area contributed by atoms with Crippen LogP contribution in [0.15, 0.2) is 60.8 Å². The fraction of sp³-hybridized carbons (Fsp3) is 0.447. The standard InChI is InChI=1S/C25H23N2.C13H24O2.Ir/c1-15(2)10-16-8-9-17-13-27-24-19-7-5-6-18-12-26-14-21(22(18)19)25(3,4)23(24)20(17)11-16;1-5-10(6-2)12(14)9-13(15)11(7-3)8-4;/h5-6,8-9,11-15H,10H2,1-4H3;9-11,14H,5-8H2,1-4H3;/q-1;;/b;12-9-;/i10D2;;. The van der Waals surface area contributed by atoms with Gasteiger partial charge in [-0.1, -0.05) is 89.9 Å². The summed E-state index contributed by atoms with van der Waals surface area (Å²) in [7, 11) is 0. The molecule has 0 bridgehead atoms. The third-order valence-electron chi connectivity index (χ3n) is 8.68. The number of hydrogen-bond acceptors (Lipinski definition) is 4. The Morgan fingerprint density at radius 3 is 2.30 bits per heavy atom. The van der Waals surface area contributed by atoms with E-state index < -0.39 is 6.37 Å². The maximum absolute atomic E-state index is 11.7. The van der Waals surface area contributed by atoms with E-state index in [2.05, 4.69) is 24.9 Å². The molecule has 231 valence electrons. The van der Waals surface area contributed by atoms with Gasteiger partial charge in [0.25, 0.3) is 0 Å². The van der Waals surface area contributed by atoms with Crippen LogP contribution in [0.5, 0.6) is 0 Å². The molecule has 0 unspecified atom stereocenters.